The van der Waals surface area contributed by atoms with Crippen LogP contribution in [0.4, 0.5) is 0 Å². The van der Waals surface area contributed by atoms with Gasteiger partial charge in [-0.25, -0.2) is 0 Å². The van der Waals surface area contributed by atoms with E-state index in [-0.39, 0.29) is 5.91 Å². The first-order chi connectivity index (χ1) is 7.25. The molecule has 0 radical (unpaired) electrons. The van der Waals surface area contributed by atoms with Crippen molar-refractivity contribution in [2.45, 2.75) is 13.5 Å². The fourth-order valence-electron chi connectivity index (χ4n) is 1.22. The number of rotatable bonds is 3. The summed E-state index contributed by atoms with van der Waals surface area (Å²) >= 11 is 0. The molecule has 0 fully saturated rings. The summed E-state index contributed by atoms with van der Waals surface area (Å²) in [5, 5.41) is 8.99. The number of carbonyl (C=O) groups is 1. The maximum atomic E-state index is 11.5. The van der Waals surface area contributed by atoms with E-state index in [4.69, 9.17) is 4.42 Å². The highest BCUT2D eigenvalue weighted by atomic mass is 16.3. The number of H-pyrrole nitrogens is 1. The maximum absolute atomic E-state index is 11.5. The van der Waals surface area contributed by atoms with Crippen LogP contribution in [-0.2, 0) is 6.54 Å². The first-order valence-electron chi connectivity index (χ1n) is 4.58. The normalized spacial score (nSPS) is 10.2. The summed E-state index contributed by atoms with van der Waals surface area (Å²) in [5.74, 6) is 1.41. The number of amides is 1. The molecule has 0 unspecified atom stereocenters. The number of nitrogens with one attached hydrogen (secondary N) is 2. The number of furan rings is 1. The molecule has 0 saturated carbocycles. The minimum atomic E-state index is -0.169. The van der Waals surface area contributed by atoms with Gasteiger partial charge in [-0.2, -0.15) is 5.10 Å². The lowest BCUT2D eigenvalue weighted by molar-refractivity contribution is 0.0948. The van der Waals surface area contributed by atoms with Crippen LogP contribution in [0.15, 0.2) is 28.9 Å². The number of carbonyl (C=O) groups excluding carboxylic acids is 1. The quantitative estimate of drug-likeness (QED) is 0.791. The number of aromatic amines is 1. The van der Waals surface area contributed by atoms with Crippen LogP contribution >= 0.6 is 0 Å². The van der Waals surface area contributed by atoms with Gasteiger partial charge in [-0.05, 0) is 19.1 Å². The van der Waals surface area contributed by atoms with Crippen LogP contribution in [0.3, 0.4) is 0 Å². The Bertz CT molecular complexity index is 445. The molecule has 2 aromatic heterocycles. The van der Waals surface area contributed by atoms with Gasteiger partial charge in [0.15, 0.2) is 0 Å². The van der Waals surface area contributed by atoms with Gasteiger partial charge in [-0.1, -0.05) is 0 Å². The maximum Gasteiger partial charge on any atom is 0.254 e. The molecule has 0 aliphatic rings. The molecule has 0 saturated heterocycles. The summed E-state index contributed by atoms with van der Waals surface area (Å²) in [6.07, 6.45) is 3.02. The molecule has 0 aliphatic carbocycles. The van der Waals surface area contributed by atoms with Gasteiger partial charge in [0.2, 0.25) is 0 Å². The van der Waals surface area contributed by atoms with Crippen LogP contribution in [0.25, 0.3) is 0 Å². The minimum absolute atomic E-state index is 0.169. The highest BCUT2D eigenvalue weighted by Gasteiger charge is 2.06. The summed E-state index contributed by atoms with van der Waals surface area (Å²) in [7, 11) is 0. The van der Waals surface area contributed by atoms with Gasteiger partial charge in [0.1, 0.15) is 11.5 Å². The predicted molar refractivity (Wildman–Crippen MR) is 53.2 cm³/mol. The number of aromatic nitrogens is 2. The van der Waals surface area contributed by atoms with Crippen LogP contribution < -0.4 is 5.32 Å². The molecule has 0 aromatic carbocycles. The Labute approximate surface area is 86.5 Å². The van der Waals surface area contributed by atoms with Crippen molar-refractivity contribution in [3.8, 4) is 0 Å². The fraction of sp³-hybridized carbons (Fsp3) is 0.200. The zero-order valence-corrected chi connectivity index (χ0v) is 8.28. The average Bonchev–Trinajstić information content (AvgIpc) is 2.84. The summed E-state index contributed by atoms with van der Waals surface area (Å²) in [6.45, 7) is 2.25. The molecule has 2 aromatic rings. The Hall–Kier alpha value is -2.04. The lowest BCUT2D eigenvalue weighted by Gasteiger charge is -1.99. The highest BCUT2D eigenvalue weighted by Crippen LogP contribution is 2.05. The molecular formula is C10H11N3O2. The molecule has 5 heteroatoms. The molecular weight excluding hydrogens is 194 g/mol. The second-order valence-corrected chi connectivity index (χ2v) is 3.18. The Kier molecular flexibility index (Phi) is 2.53. The van der Waals surface area contributed by atoms with Crippen LogP contribution in [0.1, 0.15) is 21.9 Å². The van der Waals surface area contributed by atoms with E-state index >= 15 is 0 Å². The van der Waals surface area contributed by atoms with Crippen LogP contribution in [0.2, 0.25) is 0 Å². The van der Waals surface area contributed by atoms with E-state index in [1.165, 1.54) is 6.20 Å². The third-order valence-corrected chi connectivity index (χ3v) is 1.98. The number of aryl methyl sites for hydroxylation is 1. The molecule has 0 atom stereocenters. The minimum Gasteiger partial charge on any atom is -0.465 e. The first-order valence-corrected chi connectivity index (χ1v) is 4.58. The van der Waals surface area contributed by atoms with Gasteiger partial charge < -0.3 is 9.73 Å². The fourth-order valence-corrected chi connectivity index (χ4v) is 1.22. The Morgan fingerprint density at radius 1 is 1.60 bits per heavy atom. The Morgan fingerprint density at radius 2 is 2.47 bits per heavy atom. The summed E-state index contributed by atoms with van der Waals surface area (Å²) < 4.78 is 5.31. The highest BCUT2D eigenvalue weighted by molar-refractivity contribution is 5.93. The Morgan fingerprint density at radius 3 is 3.07 bits per heavy atom. The first kappa shape index (κ1) is 9.51. The average molecular weight is 205 g/mol. The second-order valence-electron chi connectivity index (χ2n) is 3.18. The van der Waals surface area contributed by atoms with E-state index in [9.17, 15) is 4.79 Å². The van der Waals surface area contributed by atoms with Crippen LogP contribution in [-0.4, -0.2) is 16.1 Å². The van der Waals surface area contributed by atoms with Crippen molar-refractivity contribution < 1.29 is 9.21 Å². The van der Waals surface area contributed by atoms with E-state index < -0.39 is 0 Å². The van der Waals surface area contributed by atoms with Crippen molar-refractivity contribution in [1.82, 2.24) is 15.5 Å². The third kappa shape index (κ3) is 2.25. The van der Waals surface area contributed by atoms with Crippen molar-refractivity contribution in [3.63, 3.8) is 0 Å². The van der Waals surface area contributed by atoms with Gasteiger partial charge in [-0.15, -0.1) is 0 Å². The molecule has 2 heterocycles. The van der Waals surface area contributed by atoms with Gasteiger partial charge in [0.05, 0.1) is 18.3 Å². The van der Waals surface area contributed by atoms with Crippen molar-refractivity contribution in [2.75, 3.05) is 0 Å². The summed E-state index contributed by atoms with van der Waals surface area (Å²) in [5.41, 5.74) is 0.512. The SMILES string of the molecule is Cc1ccc(CNC(=O)c2cn[nH]c2)o1. The third-order valence-electron chi connectivity index (χ3n) is 1.98. The topological polar surface area (TPSA) is 70.9 Å². The van der Waals surface area contributed by atoms with Crippen molar-refractivity contribution in [1.29, 1.82) is 0 Å². The van der Waals surface area contributed by atoms with Crippen LogP contribution in [0.5, 0.6) is 0 Å². The molecule has 2 rings (SSSR count). The number of hydrogen-bond donors (Lipinski definition) is 2. The largest absolute Gasteiger partial charge is 0.465 e. The lowest BCUT2D eigenvalue weighted by atomic mass is 10.3. The number of hydrogen-bond acceptors (Lipinski definition) is 3. The van der Waals surface area contributed by atoms with E-state index in [0.717, 1.165) is 11.5 Å². The number of nitrogens with zero attached hydrogens (tertiary/aromatic N) is 1. The van der Waals surface area contributed by atoms with E-state index in [1.807, 2.05) is 19.1 Å². The lowest BCUT2D eigenvalue weighted by Crippen LogP contribution is -2.21. The predicted octanol–water partition coefficient (Wildman–Crippen LogP) is 1.24. The van der Waals surface area contributed by atoms with Gasteiger partial charge in [0, 0.05) is 6.20 Å². The zero-order valence-electron chi connectivity index (χ0n) is 8.28. The van der Waals surface area contributed by atoms with Crippen molar-refractivity contribution in [2.24, 2.45) is 0 Å². The van der Waals surface area contributed by atoms with Gasteiger partial charge >= 0.3 is 0 Å². The molecule has 2 N–H and O–H groups in total. The van der Waals surface area contributed by atoms with E-state index in [1.54, 1.807) is 6.20 Å². The molecule has 0 bridgehead atoms. The summed E-state index contributed by atoms with van der Waals surface area (Å²) in [6, 6.07) is 3.70. The summed E-state index contributed by atoms with van der Waals surface area (Å²) in [4.78, 5) is 11.5. The van der Waals surface area contributed by atoms with E-state index in [0.29, 0.717) is 12.1 Å². The van der Waals surface area contributed by atoms with Crippen LogP contribution in [0, 0.1) is 6.92 Å². The van der Waals surface area contributed by atoms with Gasteiger partial charge in [-0.3, -0.25) is 9.89 Å². The van der Waals surface area contributed by atoms with Crippen molar-refractivity contribution in [3.05, 3.63) is 41.6 Å². The Balaban J connectivity index is 1.91. The molecule has 0 aliphatic heterocycles. The smallest absolute Gasteiger partial charge is 0.254 e. The molecule has 5 nitrogen and oxygen atoms in total. The molecule has 1 amide bonds. The molecule has 0 spiro atoms. The monoisotopic (exact) mass is 205 g/mol. The second kappa shape index (κ2) is 4.00. The standard InChI is InChI=1S/C10H11N3O2/c1-7-2-3-9(15-7)6-11-10(14)8-4-12-13-5-8/h2-5H,6H2,1H3,(H,11,14)(H,12,13). The van der Waals surface area contributed by atoms with Gasteiger partial charge in [0.25, 0.3) is 5.91 Å². The molecule has 78 valence electrons. The van der Waals surface area contributed by atoms with Crippen molar-refractivity contribution >= 4 is 5.91 Å². The zero-order chi connectivity index (χ0) is 10.7. The molecule has 15 heavy (non-hydrogen) atoms. The van der Waals surface area contributed by atoms with E-state index in [2.05, 4.69) is 15.5 Å².